The summed E-state index contributed by atoms with van der Waals surface area (Å²) in [7, 11) is -0.0174. The third-order valence-electron chi connectivity index (χ3n) is 3.20. The third kappa shape index (κ3) is 6.66. The molecule has 0 aliphatic heterocycles. The number of methoxy groups -OCH3 is 1. The van der Waals surface area contributed by atoms with Crippen LogP contribution in [0.15, 0.2) is 24.3 Å². The van der Waals surface area contributed by atoms with Gasteiger partial charge in [0.05, 0.1) is 0 Å². The summed E-state index contributed by atoms with van der Waals surface area (Å²) in [4.78, 5) is 23.1. The smallest absolute Gasteiger partial charge is 0.423 e. The minimum atomic E-state index is -1.52. The van der Waals surface area contributed by atoms with Crippen molar-refractivity contribution < 1.29 is 24.4 Å². The predicted molar refractivity (Wildman–Crippen MR) is 80.6 cm³/mol. The fourth-order valence-corrected chi connectivity index (χ4v) is 2.00. The highest BCUT2D eigenvalue weighted by molar-refractivity contribution is 6.58. The molecule has 0 aromatic heterocycles. The molecule has 0 fully saturated rings. The molecule has 0 amide bonds. The first-order chi connectivity index (χ1) is 10.0. The number of carbonyl (C=O) groups is 2. The zero-order chi connectivity index (χ0) is 15.7. The van der Waals surface area contributed by atoms with E-state index in [1.54, 1.807) is 12.1 Å². The summed E-state index contributed by atoms with van der Waals surface area (Å²) in [6.45, 7) is 0.155. The lowest BCUT2D eigenvalue weighted by atomic mass is 9.80. The van der Waals surface area contributed by atoms with Crippen molar-refractivity contribution in [3.8, 4) is 0 Å². The second kappa shape index (κ2) is 9.44. The van der Waals surface area contributed by atoms with E-state index in [9.17, 15) is 9.59 Å². The summed E-state index contributed by atoms with van der Waals surface area (Å²) >= 11 is 0. The minimum absolute atomic E-state index is 0.0252. The number of benzene rings is 1. The van der Waals surface area contributed by atoms with Gasteiger partial charge >= 0.3 is 7.12 Å². The predicted octanol–water partition coefficient (Wildman–Crippen LogP) is 0.715. The lowest BCUT2D eigenvalue weighted by Crippen LogP contribution is -2.29. The van der Waals surface area contributed by atoms with Crippen molar-refractivity contribution >= 4 is 24.1 Å². The normalized spacial score (nSPS) is 10.4. The molecule has 2 N–H and O–H groups in total. The number of ketones is 2. The average molecular weight is 292 g/mol. The molecule has 0 atom stereocenters. The lowest BCUT2D eigenvalue weighted by Gasteiger charge is -2.04. The van der Waals surface area contributed by atoms with Crippen LogP contribution in [0.5, 0.6) is 0 Å². The van der Waals surface area contributed by atoms with Crippen molar-refractivity contribution in [2.24, 2.45) is 0 Å². The molecule has 0 aliphatic rings. The van der Waals surface area contributed by atoms with Crippen molar-refractivity contribution in [2.75, 3.05) is 13.7 Å². The Hall–Kier alpha value is -1.50. The fourth-order valence-electron chi connectivity index (χ4n) is 2.00. The Morgan fingerprint density at radius 2 is 1.67 bits per heavy atom. The SMILES string of the molecule is COCC(=O)CCCCCC(=O)c1ccc(B(O)O)cc1. The maximum absolute atomic E-state index is 11.9. The highest BCUT2D eigenvalue weighted by Gasteiger charge is 2.12. The Morgan fingerprint density at radius 3 is 2.24 bits per heavy atom. The molecule has 21 heavy (non-hydrogen) atoms. The van der Waals surface area contributed by atoms with Crippen molar-refractivity contribution in [2.45, 2.75) is 32.1 Å². The summed E-state index contributed by atoms with van der Waals surface area (Å²) in [5, 5.41) is 17.9. The van der Waals surface area contributed by atoms with E-state index < -0.39 is 7.12 Å². The summed E-state index contributed by atoms with van der Waals surface area (Å²) < 4.78 is 4.74. The standard InChI is InChI=1S/C15H21BO5/c1-21-11-14(17)5-3-2-4-6-15(18)12-7-9-13(10-8-12)16(19)20/h7-10,19-20H,2-6,11H2,1H3. The highest BCUT2D eigenvalue weighted by Crippen LogP contribution is 2.09. The van der Waals surface area contributed by atoms with Gasteiger partial charge in [0, 0.05) is 25.5 Å². The van der Waals surface area contributed by atoms with E-state index in [-0.39, 0.29) is 18.2 Å². The largest absolute Gasteiger partial charge is 0.488 e. The average Bonchev–Trinajstić information content (AvgIpc) is 2.47. The van der Waals surface area contributed by atoms with Crippen LogP contribution in [0.2, 0.25) is 0 Å². The van der Waals surface area contributed by atoms with Gasteiger partial charge in [0.15, 0.2) is 11.6 Å². The van der Waals surface area contributed by atoms with E-state index in [1.165, 1.54) is 19.2 Å². The van der Waals surface area contributed by atoms with Crippen LogP contribution in [0.4, 0.5) is 0 Å². The molecule has 5 nitrogen and oxygen atoms in total. The van der Waals surface area contributed by atoms with Gasteiger partial charge in [0.2, 0.25) is 0 Å². The molecule has 1 aromatic rings. The van der Waals surface area contributed by atoms with Crippen LogP contribution in [-0.2, 0) is 9.53 Å². The number of unbranched alkanes of at least 4 members (excludes halogenated alkanes) is 2. The highest BCUT2D eigenvalue weighted by atomic mass is 16.5. The number of ether oxygens (including phenoxy) is 1. The first kappa shape index (κ1) is 17.6. The topological polar surface area (TPSA) is 83.8 Å². The van der Waals surface area contributed by atoms with Gasteiger partial charge in [0.25, 0.3) is 0 Å². The van der Waals surface area contributed by atoms with Crippen molar-refractivity contribution in [3.05, 3.63) is 29.8 Å². The second-order valence-corrected chi connectivity index (χ2v) is 4.95. The van der Waals surface area contributed by atoms with Gasteiger partial charge in [-0.1, -0.05) is 30.7 Å². The zero-order valence-electron chi connectivity index (χ0n) is 12.2. The molecule has 0 aliphatic carbocycles. The molecule has 1 aromatic carbocycles. The third-order valence-corrected chi connectivity index (χ3v) is 3.20. The Bertz CT molecular complexity index is 456. The Kier molecular flexibility index (Phi) is 7.89. The van der Waals surface area contributed by atoms with Gasteiger partial charge < -0.3 is 14.8 Å². The molecule has 0 radical (unpaired) electrons. The number of Topliss-reactive ketones (excluding diaryl/α,β-unsaturated/α-hetero) is 2. The van der Waals surface area contributed by atoms with Crippen LogP contribution in [0.1, 0.15) is 42.5 Å². The Labute approximate surface area is 125 Å². The molecular formula is C15H21BO5. The van der Waals surface area contributed by atoms with Crippen LogP contribution in [0.3, 0.4) is 0 Å². The van der Waals surface area contributed by atoms with E-state index in [2.05, 4.69) is 0 Å². The number of rotatable bonds is 10. The molecule has 0 saturated carbocycles. The van der Waals surface area contributed by atoms with Crippen LogP contribution < -0.4 is 5.46 Å². The summed E-state index contributed by atoms with van der Waals surface area (Å²) in [6, 6.07) is 6.25. The molecule has 0 saturated heterocycles. The van der Waals surface area contributed by atoms with Gasteiger partial charge in [-0.05, 0) is 18.3 Å². The maximum Gasteiger partial charge on any atom is 0.488 e. The van der Waals surface area contributed by atoms with E-state index in [0.717, 1.165) is 19.3 Å². The molecule has 0 bridgehead atoms. The van der Waals surface area contributed by atoms with Crippen LogP contribution in [-0.4, -0.2) is 42.4 Å². The molecule has 0 spiro atoms. The van der Waals surface area contributed by atoms with Crippen molar-refractivity contribution in [3.63, 3.8) is 0 Å². The first-order valence-corrected chi connectivity index (χ1v) is 7.04. The van der Waals surface area contributed by atoms with Crippen molar-refractivity contribution in [1.29, 1.82) is 0 Å². The van der Waals surface area contributed by atoms with Gasteiger partial charge in [-0.3, -0.25) is 9.59 Å². The summed E-state index contributed by atoms with van der Waals surface area (Å²) in [5.41, 5.74) is 0.929. The molecule has 6 heteroatoms. The zero-order valence-corrected chi connectivity index (χ0v) is 12.2. The first-order valence-electron chi connectivity index (χ1n) is 7.04. The van der Waals surface area contributed by atoms with E-state index in [1.807, 2.05) is 0 Å². The summed E-state index contributed by atoms with van der Waals surface area (Å²) in [6.07, 6.45) is 3.26. The molecule has 1 rings (SSSR count). The fraction of sp³-hybridized carbons (Fsp3) is 0.467. The quantitative estimate of drug-likeness (QED) is 0.377. The summed E-state index contributed by atoms with van der Waals surface area (Å²) in [5.74, 6) is 0.110. The monoisotopic (exact) mass is 292 g/mol. The second-order valence-electron chi connectivity index (χ2n) is 4.95. The lowest BCUT2D eigenvalue weighted by molar-refractivity contribution is -0.122. The van der Waals surface area contributed by atoms with E-state index in [4.69, 9.17) is 14.8 Å². The van der Waals surface area contributed by atoms with E-state index >= 15 is 0 Å². The maximum atomic E-state index is 11.9. The number of hydrogen-bond donors (Lipinski definition) is 2. The van der Waals surface area contributed by atoms with Crippen molar-refractivity contribution in [1.82, 2.24) is 0 Å². The molecular weight excluding hydrogens is 271 g/mol. The minimum Gasteiger partial charge on any atom is -0.423 e. The van der Waals surface area contributed by atoms with Gasteiger partial charge in [-0.25, -0.2) is 0 Å². The molecule has 114 valence electrons. The van der Waals surface area contributed by atoms with E-state index in [0.29, 0.717) is 23.9 Å². The van der Waals surface area contributed by atoms with Crippen LogP contribution in [0.25, 0.3) is 0 Å². The Balaban J connectivity index is 2.26. The van der Waals surface area contributed by atoms with Gasteiger partial charge in [-0.15, -0.1) is 0 Å². The number of carbonyl (C=O) groups excluding carboxylic acids is 2. The van der Waals surface area contributed by atoms with Gasteiger partial charge in [-0.2, -0.15) is 0 Å². The molecule has 0 heterocycles. The Morgan fingerprint density at radius 1 is 1.05 bits per heavy atom. The van der Waals surface area contributed by atoms with Crippen LogP contribution >= 0.6 is 0 Å². The van der Waals surface area contributed by atoms with Gasteiger partial charge in [0.1, 0.15) is 6.61 Å². The van der Waals surface area contributed by atoms with Crippen LogP contribution in [0, 0.1) is 0 Å². The number of hydrogen-bond acceptors (Lipinski definition) is 5. The molecule has 0 unspecified atom stereocenters.